The molecule has 0 amide bonds. The van der Waals surface area contributed by atoms with E-state index in [2.05, 4.69) is 11.8 Å². The first-order chi connectivity index (χ1) is 7.79. The highest BCUT2D eigenvalue weighted by atomic mass is 16.1. The fourth-order valence-electron chi connectivity index (χ4n) is 3.22. The Labute approximate surface area is 99.4 Å². The van der Waals surface area contributed by atoms with Gasteiger partial charge in [0.1, 0.15) is 5.78 Å². The van der Waals surface area contributed by atoms with Crippen molar-refractivity contribution in [2.24, 2.45) is 11.8 Å². The molecule has 1 saturated heterocycles. The molecule has 0 spiro atoms. The molecule has 0 aromatic carbocycles. The van der Waals surface area contributed by atoms with Gasteiger partial charge in [0.2, 0.25) is 0 Å². The molecule has 2 atom stereocenters. The van der Waals surface area contributed by atoms with E-state index < -0.39 is 0 Å². The first-order valence-electron chi connectivity index (χ1n) is 7.04. The van der Waals surface area contributed by atoms with Gasteiger partial charge in [0, 0.05) is 18.9 Å². The van der Waals surface area contributed by atoms with Gasteiger partial charge in [0.15, 0.2) is 0 Å². The van der Waals surface area contributed by atoms with E-state index in [4.69, 9.17) is 0 Å². The molecule has 92 valence electrons. The molecule has 0 N–H and O–H groups in total. The van der Waals surface area contributed by atoms with Crippen molar-refractivity contribution in [3.8, 4) is 0 Å². The summed E-state index contributed by atoms with van der Waals surface area (Å²) in [6, 6.07) is 0. The third-order valence-corrected chi connectivity index (χ3v) is 4.41. The minimum absolute atomic E-state index is 0.405. The van der Waals surface area contributed by atoms with Crippen molar-refractivity contribution in [3.63, 3.8) is 0 Å². The van der Waals surface area contributed by atoms with E-state index in [1.165, 1.54) is 32.4 Å². The van der Waals surface area contributed by atoms with Crippen LogP contribution in [0.4, 0.5) is 0 Å². The van der Waals surface area contributed by atoms with Crippen LogP contribution in [0.1, 0.15) is 51.9 Å². The normalized spacial score (nSPS) is 32.2. The van der Waals surface area contributed by atoms with Crippen molar-refractivity contribution in [1.29, 1.82) is 0 Å². The fourth-order valence-corrected chi connectivity index (χ4v) is 3.22. The molecule has 2 heteroatoms. The topological polar surface area (TPSA) is 20.3 Å². The van der Waals surface area contributed by atoms with Crippen LogP contribution < -0.4 is 0 Å². The number of nitrogens with zero attached hydrogens (tertiary/aromatic N) is 1. The van der Waals surface area contributed by atoms with Gasteiger partial charge >= 0.3 is 0 Å². The maximum atomic E-state index is 11.5. The van der Waals surface area contributed by atoms with Crippen molar-refractivity contribution in [1.82, 2.24) is 4.90 Å². The number of carbonyl (C=O) groups excluding carboxylic acids is 1. The van der Waals surface area contributed by atoms with E-state index in [9.17, 15) is 4.79 Å². The van der Waals surface area contributed by atoms with E-state index in [-0.39, 0.29) is 0 Å². The van der Waals surface area contributed by atoms with Gasteiger partial charge in [-0.3, -0.25) is 4.79 Å². The second-order valence-electron chi connectivity index (χ2n) is 5.56. The molecule has 0 bridgehead atoms. The number of ketones is 1. The average molecular weight is 223 g/mol. The molecule has 1 saturated carbocycles. The molecular formula is C14H25NO. The predicted octanol–water partition coefficient (Wildman–Crippen LogP) is 2.87. The van der Waals surface area contributed by atoms with Gasteiger partial charge in [0.25, 0.3) is 0 Å². The number of piperidine rings is 1. The summed E-state index contributed by atoms with van der Waals surface area (Å²) in [6.07, 6.45) is 8.35. The van der Waals surface area contributed by atoms with Crippen LogP contribution in [0.5, 0.6) is 0 Å². The van der Waals surface area contributed by atoms with Gasteiger partial charge in [-0.25, -0.2) is 0 Å². The van der Waals surface area contributed by atoms with Crippen LogP contribution in [0.25, 0.3) is 0 Å². The summed E-state index contributed by atoms with van der Waals surface area (Å²) < 4.78 is 0. The highest BCUT2D eigenvalue weighted by molar-refractivity contribution is 5.82. The minimum atomic E-state index is 0.405. The molecule has 2 fully saturated rings. The van der Waals surface area contributed by atoms with Crippen LogP contribution >= 0.6 is 0 Å². The molecule has 1 heterocycles. The number of likely N-dealkylation sites (tertiary alicyclic amines) is 1. The maximum Gasteiger partial charge on any atom is 0.136 e. The maximum absolute atomic E-state index is 11.5. The summed E-state index contributed by atoms with van der Waals surface area (Å²) >= 11 is 0. The lowest BCUT2D eigenvalue weighted by molar-refractivity contribution is -0.120. The third-order valence-electron chi connectivity index (χ3n) is 4.41. The van der Waals surface area contributed by atoms with Crippen molar-refractivity contribution < 1.29 is 4.79 Å². The second-order valence-corrected chi connectivity index (χ2v) is 5.56. The number of hydrogen-bond donors (Lipinski definition) is 0. The lowest BCUT2D eigenvalue weighted by Crippen LogP contribution is -2.36. The van der Waals surface area contributed by atoms with E-state index >= 15 is 0 Å². The van der Waals surface area contributed by atoms with Crippen molar-refractivity contribution in [2.75, 3.05) is 19.6 Å². The van der Waals surface area contributed by atoms with Gasteiger partial charge in [-0.2, -0.15) is 0 Å². The Morgan fingerprint density at radius 3 is 2.88 bits per heavy atom. The van der Waals surface area contributed by atoms with Gasteiger partial charge < -0.3 is 4.90 Å². The molecule has 2 aliphatic rings. The minimum Gasteiger partial charge on any atom is -0.303 e. The Bertz CT molecular complexity index is 239. The second kappa shape index (κ2) is 5.81. The van der Waals surface area contributed by atoms with E-state index in [1.54, 1.807) is 0 Å². The van der Waals surface area contributed by atoms with E-state index in [0.29, 0.717) is 11.7 Å². The highest BCUT2D eigenvalue weighted by Gasteiger charge is 2.25. The molecule has 1 aliphatic heterocycles. The number of rotatable bonds is 4. The zero-order chi connectivity index (χ0) is 11.4. The first-order valence-corrected chi connectivity index (χ1v) is 7.04. The molecule has 2 rings (SSSR count). The van der Waals surface area contributed by atoms with Crippen molar-refractivity contribution in [2.45, 2.75) is 51.9 Å². The zero-order valence-electron chi connectivity index (χ0n) is 10.6. The summed E-state index contributed by atoms with van der Waals surface area (Å²) in [5, 5.41) is 0. The Balaban J connectivity index is 1.70. The van der Waals surface area contributed by atoms with Crippen LogP contribution in [0.2, 0.25) is 0 Å². The summed E-state index contributed by atoms with van der Waals surface area (Å²) in [6.45, 7) is 6.00. The molecule has 0 aromatic rings. The van der Waals surface area contributed by atoms with E-state index in [0.717, 1.165) is 38.1 Å². The number of hydrogen-bond acceptors (Lipinski definition) is 2. The first kappa shape index (κ1) is 12.1. The Morgan fingerprint density at radius 2 is 2.19 bits per heavy atom. The molecule has 0 aromatic heterocycles. The SMILES string of the molecule is CCC1CCCN(CCC2CCCC2=O)C1. The standard InChI is InChI=1S/C14H25NO/c1-2-12-5-4-9-15(11-12)10-8-13-6-3-7-14(13)16/h12-13H,2-11H2,1H3. The molecule has 2 nitrogen and oxygen atoms in total. The lowest BCUT2D eigenvalue weighted by Gasteiger charge is -2.32. The Morgan fingerprint density at radius 1 is 1.31 bits per heavy atom. The van der Waals surface area contributed by atoms with Crippen LogP contribution in [0.15, 0.2) is 0 Å². The summed E-state index contributed by atoms with van der Waals surface area (Å²) in [4.78, 5) is 14.1. The molecule has 2 unspecified atom stereocenters. The average Bonchev–Trinajstić information content (AvgIpc) is 2.72. The Kier molecular flexibility index (Phi) is 4.39. The predicted molar refractivity (Wildman–Crippen MR) is 66.4 cm³/mol. The highest BCUT2D eigenvalue weighted by Crippen LogP contribution is 2.26. The summed E-state index contributed by atoms with van der Waals surface area (Å²) in [5.74, 6) is 1.85. The number of carbonyl (C=O) groups is 1. The number of Topliss-reactive ketones (excluding diaryl/α,β-unsaturated/α-hetero) is 1. The largest absolute Gasteiger partial charge is 0.303 e. The van der Waals surface area contributed by atoms with E-state index in [1.807, 2.05) is 0 Å². The lowest BCUT2D eigenvalue weighted by atomic mass is 9.94. The molecule has 1 aliphatic carbocycles. The summed E-state index contributed by atoms with van der Waals surface area (Å²) in [7, 11) is 0. The zero-order valence-corrected chi connectivity index (χ0v) is 10.6. The molecule has 0 radical (unpaired) electrons. The third kappa shape index (κ3) is 3.07. The van der Waals surface area contributed by atoms with Gasteiger partial charge in [-0.15, -0.1) is 0 Å². The Hall–Kier alpha value is -0.370. The van der Waals surface area contributed by atoms with Crippen LogP contribution in [0, 0.1) is 11.8 Å². The van der Waals surface area contributed by atoms with Gasteiger partial charge in [-0.1, -0.05) is 13.3 Å². The van der Waals surface area contributed by atoms with Crippen LogP contribution in [-0.2, 0) is 4.79 Å². The van der Waals surface area contributed by atoms with Gasteiger partial charge in [-0.05, 0) is 51.1 Å². The fraction of sp³-hybridized carbons (Fsp3) is 0.929. The monoisotopic (exact) mass is 223 g/mol. The molecule has 16 heavy (non-hydrogen) atoms. The smallest absolute Gasteiger partial charge is 0.136 e. The summed E-state index contributed by atoms with van der Waals surface area (Å²) in [5.41, 5.74) is 0. The quantitative estimate of drug-likeness (QED) is 0.730. The van der Waals surface area contributed by atoms with Crippen LogP contribution in [0.3, 0.4) is 0 Å². The van der Waals surface area contributed by atoms with Gasteiger partial charge in [0.05, 0.1) is 0 Å². The molecular weight excluding hydrogens is 198 g/mol. The van der Waals surface area contributed by atoms with Crippen molar-refractivity contribution in [3.05, 3.63) is 0 Å². The van der Waals surface area contributed by atoms with Crippen molar-refractivity contribution >= 4 is 5.78 Å². The van der Waals surface area contributed by atoms with Crippen LogP contribution in [-0.4, -0.2) is 30.3 Å².